The Kier molecular flexibility index (Phi) is 4.90. The van der Waals surface area contributed by atoms with Gasteiger partial charge in [0, 0.05) is 0 Å². The monoisotopic (exact) mass is 158 g/mol. The Morgan fingerprint density at radius 1 is 1.73 bits per heavy atom. The molecule has 0 aromatic rings. The summed E-state index contributed by atoms with van der Waals surface area (Å²) in [5, 5.41) is 8.10. The van der Waals surface area contributed by atoms with Crippen LogP contribution in [0.4, 0.5) is 0 Å². The topological polar surface area (TPSA) is 72.6 Å². The minimum atomic E-state index is -0.640. The summed E-state index contributed by atoms with van der Waals surface area (Å²) >= 11 is 0. The van der Waals surface area contributed by atoms with Crippen molar-refractivity contribution in [3.63, 3.8) is 0 Å². The SMILES string of the molecule is CC(C)CC(N)C(=O)O[B]O. The molecule has 0 aliphatic heterocycles. The van der Waals surface area contributed by atoms with Crippen LogP contribution in [0.3, 0.4) is 0 Å². The van der Waals surface area contributed by atoms with Gasteiger partial charge in [0.1, 0.15) is 6.04 Å². The van der Waals surface area contributed by atoms with Crippen LogP contribution in [-0.4, -0.2) is 24.7 Å². The van der Waals surface area contributed by atoms with Crippen molar-refractivity contribution >= 4 is 13.7 Å². The van der Waals surface area contributed by atoms with E-state index in [0.29, 0.717) is 20.0 Å². The summed E-state index contributed by atoms with van der Waals surface area (Å²) < 4.78 is 4.17. The van der Waals surface area contributed by atoms with E-state index in [1.54, 1.807) is 0 Å². The fraction of sp³-hybridized carbons (Fsp3) is 0.833. The quantitative estimate of drug-likeness (QED) is 0.537. The van der Waals surface area contributed by atoms with Crippen molar-refractivity contribution in [1.82, 2.24) is 0 Å². The van der Waals surface area contributed by atoms with Gasteiger partial charge in [-0.1, -0.05) is 13.8 Å². The third-order valence-electron chi connectivity index (χ3n) is 1.20. The van der Waals surface area contributed by atoms with Crippen LogP contribution in [0.15, 0.2) is 0 Å². The maximum absolute atomic E-state index is 10.7. The number of nitrogens with two attached hydrogens (primary N) is 1. The molecule has 0 aromatic heterocycles. The second-order valence-electron chi connectivity index (χ2n) is 2.78. The third-order valence-corrected chi connectivity index (χ3v) is 1.20. The lowest BCUT2D eigenvalue weighted by Crippen LogP contribution is -2.34. The lowest BCUT2D eigenvalue weighted by molar-refractivity contribution is -0.136. The second kappa shape index (κ2) is 5.15. The van der Waals surface area contributed by atoms with Gasteiger partial charge in [-0.25, -0.2) is 0 Å². The van der Waals surface area contributed by atoms with Gasteiger partial charge in [-0.3, -0.25) is 4.79 Å². The van der Waals surface area contributed by atoms with E-state index in [4.69, 9.17) is 10.8 Å². The number of hydrogen-bond donors (Lipinski definition) is 2. The fourth-order valence-corrected chi connectivity index (χ4v) is 0.743. The highest BCUT2D eigenvalue weighted by Gasteiger charge is 2.15. The van der Waals surface area contributed by atoms with Crippen molar-refractivity contribution in [2.75, 3.05) is 0 Å². The first-order valence-corrected chi connectivity index (χ1v) is 3.50. The summed E-state index contributed by atoms with van der Waals surface area (Å²) in [7, 11) is 0.350. The Balaban J connectivity index is 3.64. The molecule has 0 aliphatic rings. The molecule has 5 heteroatoms. The molecule has 0 spiro atoms. The Labute approximate surface area is 67.0 Å². The molecule has 0 rings (SSSR count). The highest BCUT2D eigenvalue weighted by molar-refractivity contribution is 6.20. The van der Waals surface area contributed by atoms with Gasteiger partial charge in [-0.2, -0.15) is 0 Å². The number of carbonyl (C=O) groups excluding carboxylic acids is 1. The highest BCUT2D eigenvalue weighted by Crippen LogP contribution is 2.03. The van der Waals surface area contributed by atoms with Crippen molar-refractivity contribution in [3.8, 4) is 0 Å². The number of hydrogen-bond acceptors (Lipinski definition) is 4. The summed E-state index contributed by atoms with van der Waals surface area (Å²) in [4.78, 5) is 10.7. The number of carbonyl (C=O) groups is 1. The van der Waals surface area contributed by atoms with Gasteiger partial charge in [0.05, 0.1) is 0 Å². The average molecular weight is 158 g/mol. The molecule has 0 fully saturated rings. The van der Waals surface area contributed by atoms with Gasteiger partial charge >= 0.3 is 13.7 Å². The molecule has 0 aliphatic carbocycles. The average Bonchev–Trinajstić information content (AvgIpc) is 1.86. The maximum Gasteiger partial charge on any atom is 0.571 e. The van der Waals surface area contributed by atoms with Crippen molar-refractivity contribution in [2.45, 2.75) is 26.3 Å². The van der Waals surface area contributed by atoms with Crippen LogP contribution in [0.25, 0.3) is 0 Å². The summed E-state index contributed by atoms with van der Waals surface area (Å²) in [6.07, 6.45) is 0.562. The molecule has 0 amide bonds. The van der Waals surface area contributed by atoms with Crippen LogP contribution < -0.4 is 5.73 Å². The smallest absolute Gasteiger partial charge is 0.510 e. The zero-order valence-corrected chi connectivity index (χ0v) is 6.78. The predicted octanol–water partition coefficient (Wildman–Crippen LogP) is -0.570. The van der Waals surface area contributed by atoms with E-state index in [-0.39, 0.29) is 0 Å². The largest absolute Gasteiger partial charge is 0.571 e. The summed E-state index contributed by atoms with van der Waals surface area (Å²) in [6.45, 7) is 3.91. The van der Waals surface area contributed by atoms with Gasteiger partial charge in [0.25, 0.3) is 0 Å². The first-order chi connectivity index (χ1) is 5.07. The Morgan fingerprint density at radius 3 is 2.64 bits per heavy atom. The van der Waals surface area contributed by atoms with Crippen molar-refractivity contribution in [3.05, 3.63) is 0 Å². The summed E-state index contributed by atoms with van der Waals surface area (Å²) in [5.74, 6) is -0.252. The van der Waals surface area contributed by atoms with E-state index in [2.05, 4.69) is 4.65 Å². The molecule has 1 radical (unpaired) electrons. The summed E-state index contributed by atoms with van der Waals surface area (Å²) in [5.41, 5.74) is 5.40. The second-order valence-corrected chi connectivity index (χ2v) is 2.78. The standard InChI is InChI=1S/C6H13BNO3/c1-4(2)3-5(8)6(9)11-7-10/h4-5,10H,3,8H2,1-2H3. The maximum atomic E-state index is 10.7. The van der Waals surface area contributed by atoms with Crippen LogP contribution in [0, 0.1) is 5.92 Å². The molecular weight excluding hydrogens is 145 g/mol. The van der Waals surface area contributed by atoms with Crippen LogP contribution >= 0.6 is 0 Å². The van der Waals surface area contributed by atoms with Crippen LogP contribution in [0.2, 0.25) is 0 Å². The number of rotatable bonds is 4. The van der Waals surface area contributed by atoms with Crippen molar-refractivity contribution in [1.29, 1.82) is 0 Å². The lowest BCUT2D eigenvalue weighted by atomic mass is 10.0. The Morgan fingerprint density at radius 2 is 2.27 bits per heavy atom. The zero-order chi connectivity index (χ0) is 8.85. The van der Waals surface area contributed by atoms with Gasteiger partial charge in [0.2, 0.25) is 0 Å². The molecule has 1 atom stereocenters. The minimum Gasteiger partial charge on any atom is -0.510 e. The first kappa shape index (κ1) is 10.5. The van der Waals surface area contributed by atoms with Crippen molar-refractivity contribution in [2.24, 2.45) is 11.7 Å². The molecule has 63 valence electrons. The van der Waals surface area contributed by atoms with Crippen LogP contribution in [-0.2, 0) is 9.45 Å². The van der Waals surface area contributed by atoms with E-state index in [0.717, 1.165) is 0 Å². The first-order valence-electron chi connectivity index (χ1n) is 3.50. The van der Waals surface area contributed by atoms with Crippen LogP contribution in [0.5, 0.6) is 0 Å². The predicted molar refractivity (Wildman–Crippen MR) is 41.5 cm³/mol. The zero-order valence-electron chi connectivity index (χ0n) is 6.78. The van der Waals surface area contributed by atoms with E-state index in [1.165, 1.54) is 0 Å². The van der Waals surface area contributed by atoms with Crippen molar-refractivity contribution < 1.29 is 14.5 Å². The normalized spacial score (nSPS) is 12.8. The molecule has 0 aromatic carbocycles. The third kappa shape index (κ3) is 4.81. The summed E-state index contributed by atoms with van der Waals surface area (Å²) in [6, 6.07) is -0.640. The Bertz CT molecular complexity index is 129. The molecule has 4 nitrogen and oxygen atoms in total. The van der Waals surface area contributed by atoms with E-state index >= 15 is 0 Å². The van der Waals surface area contributed by atoms with Crippen LogP contribution in [0.1, 0.15) is 20.3 Å². The van der Waals surface area contributed by atoms with Gasteiger partial charge in [-0.15, -0.1) is 0 Å². The van der Waals surface area contributed by atoms with E-state index in [1.807, 2.05) is 13.8 Å². The minimum absolute atomic E-state index is 0.344. The molecule has 11 heavy (non-hydrogen) atoms. The molecule has 1 unspecified atom stereocenters. The van der Waals surface area contributed by atoms with E-state index < -0.39 is 12.0 Å². The van der Waals surface area contributed by atoms with E-state index in [9.17, 15) is 4.79 Å². The lowest BCUT2D eigenvalue weighted by Gasteiger charge is -2.11. The molecule has 0 saturated carbocycles. The van der Waals surface area contributed by atoms with Gasteiger partial charge in [0.15, 0.2) is 0 Å². The van der Waals surface area contributed by atoms with Gasteiger partial charge < -0.3 is 15.4 Å². The molecular formula is C6H13BNO3. The molecule has 0 bridgehead atoms. The molecule has 3 N–H and O–H groups in total. The molecule has 0 heterocycles. The highest BCUT2D eigenvalue weighted by atomic mass is 16.6. The van der Waals surface area contributed by atoms with Gasteiger partial charge in [-0.05, 0) is 12.3 Å². The Hall–Kier alpha value is -0.545. The fourth-order valence-electron chi connectivity index (χ4n) is 0.743. The molecule has 0 saturated heterocycles.